The number of fused-ring (bicyclic) bond motifs is 1. The quantitative estimate of drug-likeness (QED) is 0.737. The van der Waals surface area contributed by atoms with E-state index < -0.39 is 0 Å². The Labute approximate surface area is 170 Å². The minimum atomic E-state index is -0.268. The second-order valence-corrected chi connectivity index (χ2v) is 7.54. The molecule has 6 nitrogen and oxygen atoms in total. The lowest BCUT2D eigenvalue weighted by Crippen LogP contribution is -2.40. The maximum Gasteiger partial charge on any atom is 0.261 e. The maximum absolute atomic E-state index is 12.4. The van der Waals surface area contributed by atoms with Crippen molar-refractivity contribution in [3.8, 4) is 0 Å². The Morgan fingerprint density at radius 3 is 2.31 bits per heavy atom. The number of rotatable bonds is 7. The number of nitrogens with one attached hydrogen (secondary N) is 1. The Kier molecular flexibility index (Phi) is 5.60. The third kappa shape index (κ3) is 4.01. The van der Waals surface area contributed by atoms with Crippen LogP contribution in [0.1, 0.15) is 46.4 Å². The van der Waals surface area contributed by atoms with Gasteiger partial charge in [0.2, 0.25) is 5.91 Å². The minimum absolute atomic E-state index is 0.0403. The smallest absolute Gasteiger partial charge is 0.261 e. The molecule has 1 saturated heterocycles. The second-order valence-electron chi connectivity index (χ2n) is 7.54. The van der Waals surface area contributed by atoms with Gasteiger partial charge in [-0.3, -0.25) is 19.3 Å². The lowest BCUT2D eigenvalue weighted by atomic mass is 10.1. The standard InChI is InChI=1S/C23H25N3O3/c27-21(24-16-18-10-6-14-25(18)17-8-2-1-3-9-17)13-7-15-26-22(28)19-11-4-5-12-20(19)23(26)29/h1-5,8-9,11-12,18H,6-7,10,13-16H2,(H,24,27). The van der Waals surface area contributed by atoms with E-state index >= 15 is 0 Å². The van der Waals surface area contributed by atoms with Crippen LogP contribution in [0.2, 0.25) is 0 Å². The lowest BCUT2D eigenvalue weighted by Gasteiger charge is -2.27. The number of benzene rings is 2. The Morgan fingerprint density at radius 1 is 0.966 bits per heavy atom. The predicted molar refractivity (Wildman–Crippen MR) is 111 cm³/mol. The van der Waals surface area contributed by atoms with E-state index in [1.54, 1.807) is 24.3 Å². The van der Waals surface area contributed by atoms with E-state index in [1.807, 2.05) is 18.2 Å². The van der Waals surface area contributed by atoms with E-state index in [1.165, 1.54) is 10.6 Å². The first-order valence-electron chi connectivity index (χ1n) is 10.2. The summed E-state index contributed by atoms with van der Waals surface area (Å²) in [6.45, 7) is 1.88. The van der Waals surface area contributed by atoms with E-state index in [-0.39, 0.29) is 24.3 Å². The number of imide groups is 1. The van der Waals surface area contributed by atoms with E-state index in [0.29, 0.717) is 36.6 Å². The van der Waals surface area contributed by atoms with E-state index in [2.05, 4.69) is 22.3 Å². The average molecular weight is 391 g/mol. The van der Waals surface area contributed by atoms with Gasteiger partial charge in [-0.05, 0) is 43.5 Å². The molecule has 0 saturated carbocycles. The fourth-order valence-corrected chi connectivity index (χ4v) is 4.17. The normalized spacial score (nSPS) is 18.3. The molecule has 2 aromatic carbocycles. The molecule has 1 N–H and O–H groups in total. The van der Waals surface area contributed by atoms with Crippen LogP contribution in [-0.2, 0) is 4.79 Å². The summed E-state index contributed by atoms with van der Waals surface area (Å²) < 4.78 is 0. The zero-order valence-electron chi connectivity index (χ0n) is 16.3. The van der Waals surface area contributed by atoms with Gasteiger partial charge in [0, 0.05) is 37.8 Å². The molecule has 0 aliphatic carbocycles. The van der Waals surface area contributed by atoms with Crippen LogP contribution in [0, 0.1) is 0 Å². The van der Waals surface area contributed by atoms with Crippen LogP contribution >= 0.6 is 0 Å². The molecule has 2 aliphatic heterocycles. The fourth-order valence-electron chi connectivity index (χ4n) is 4.17. The van der Waals surface area contributed by atoms with E-state index in [0.717, 1.165) is 19.4 Å². The minimum Gasteiger partial charge on any atom is -0.367 e. The molecule has 1 atom stereocenters. The third-order valence-electron chi connectivity index (χ3n) is 5.66. The molecular formula is C23H25N3O3. The highest BCUT2D eigenvalue weighted by Crippen LogP contribution is 2.25. The summed E-state index contributed by atoms with van der Waals surface area (Å²) in [5.74, 6) is -0.576. The van der Waals surface area contributed by atoms with Gasteiger partial charge in [-0.2, -0.15) is 0 Å². The van der Waals surface area contributed by atoms with Crippen molar-refractivity contribution in [1.82, 2.24) is 10.2 Å². The molecule has 0 radical (unpaired) electrons. The molecule has 150 valence electrons. The maximum atomic E-state index is 12.4. The first-order chi connectivity index (χ1) is 14.1. The molecule has 1 unspecified atom stereocenters. The van der Waals surface area contributed by atoms with Gasteiger partial charge < -0.3 is 10.2 Å². The first-order valence-corrected chi connectivity index (χ1v) is 10.2. The molecule has 6 heteroatoms. The van der Waals surface area contributed by atoms with Crippen molar-refractivity contribution in [3.63, 3.8) is 0 Å². The number of hydrogen-bond acceptors (Lipinski definition) is 4. The zero-order valence-corrected chi connectivity index (χ0v) is 16.3. The van der Waals surface area contributed by atoms with Crippen molar-refractivity contribution in [3.05, 3.63) is 65.7 Å². The largest absolute Gasteiger partial charge is 0.367 e. The van der Waals surface area contributed by atoms with Crippen molar-refractivity contribution in [2.75, 3.05) is 24.5 Å². The van der Waals surface area contributed by atoms with Crippen molar-refractivity contribution >= 4 is 23.4 Å². The van der Waals surface area contributed by atoms with Gasteiger partial charge in [-0.15, -0.1) is 0 Å². The number of nitrogens with zero attached hydrogens (tertiary/aromatic N) is 2. The Morgan fingerprint density at radius 2 is 1.62 bits per heavy atom. The highest BCUT2D eigenvalue weighted by Gasteiger charge is 2.34. The van der Waals surface area contributed by atoms with Gasteiger partial charge in [0.15, 0.2) is 0 Å². The summed E-state index contributed by atoms with van der Waals surface area (Å²) >= 11 is 0. The molecule has 29 heavy (non-hydrogen) atoms. The third-order valence-corrected chi connectivity index (χ3v) is 5.66. The summed E-state index contributed by atoms with van der Waals surface area (Å²) in [6.07, 6.45) is 2.94. The van der Waals surface area contributed by atoms with Gasteiger partial charge in [-0.1, -0.05) is 30.3 Å². The van der Waals surface area contributed by atoms with Gasteiger partial charge in [0.1, 0.15) is 0 Å². The molecule has 3 amide bonds. The zero-order chi connectivity index (χ0) is 20.2. The summed E-state index contributed by atoms with van der Waals surface area (Å²) in [5.41, 5.74) is 2.09. The van der Waals surface area contributed by atoms with Crippen LogP contribution in [0.15, 0.2) is 54.6 Å². The Hall–Kier alpha value is -3.15. The molecule has 4 rings (SSSR count). The fraction of sp³-hybridized carbons (Fsp3) is 0.348. The van der Waals surface area contributed by atoms with Crippen LogP contribution in [-0.4, -0.2) is 48.3 Å². The van der Waals surface area contributed by atoms with Crippen molar-refractivity contribution in [2.24, 2.45) is 0 Å². The summed E-state index contributed by atoms with van der Waals surface area (Å²) in [5, 5.41) is 3.02. The summed E-state index contributed by atoms with van der Waals surface area (Å²) in [4.78, 5) is 40.6. The van der Waals surface area contributed by atoms with Crippen molar-refractivity contribution in [2.45, 2.75) is 31.7 Å². The average Bonchev–Trinajstić information content (AvgIpc) is 3.32. The predicted octanol–water partition coefficient (Wildman–Crippen LogP) is 2.85. The van der Waals surface area contributed by atoms with Gasteiger partial charge in [0.05, 0.1) is 11.1 Å². The van der Waals surface area contributed by atoms with Crippen molar-refractivity contribution in [1.29, 1.82) is 0 Å². The molecule has 2 aliphatic rings. The first kappa shape index (κ1) is 19.2. The van der Waals surface area contributed by atoms with Crippen LogP contribution in [0.3, 0.4) is 0 Å². The van der Waals surface area contributed by atoms with E-state index in [4.69, 9.17) is 0 Å². The Bertz CT molecular complexity index is 878. The number of carbonyl (C=O) groups is 3. The van der Waals surface area contributed by atoms with Crippen LogP contribution < -0.4 is 10.2 Å². The Balaban J connectivity index is 1.23. The molecule has 1 fully saturated rings. The number of para-hydroxylation sites is 1. The van der Waals surface area contributed by atoms with Gasteiger partial charge >= 0.3 is 0 Å². The topological polar surface area (TPSA) is 69.7 Å². The number of amides is 3. The highest BCUT2D eigenvalue weighted by molar-refractivity contribution is 6.21. The molecule has 2 aromatic rings. The number of hydrogen-bond donors (Lipinski definition) is 1. The molecule has 0 aromatic heterocycles. The highest BCUT2D eigenvalue weighted by atomic mass is 16.2. The van der Waals surface area contributed by atoms with Crippen LogP contribution in [0.25, 0.3) is 0 Å². The molecule has 0 bridgehead atoms. The van der Waals surface area contributed by atoms with Crippen molar-refractivity contribution < 1.29 is 14.4 Å². The van der Waals surface area contributed by atoms with Gasteiger partial charge in [0.25, 0.3) is 11.8 Å². The monoisotopic (exact) mass is 391 g/mol. The molecule has 2 heterocycles. The van der Waals surface area contributed by atoms with E-state index in [9.17, 15) is 14.4 Å². The molecule has 0 spiro atoms. The molecular weight excluding hydrogens is 366 g/mol. The van der Waals surface area contributed by atoms with Crippen LogP contribution in [0.4, 0.5) is 5.69 Å². The SMILES string of the molecule is O=C(CCCN1C(=O)c2ccccc2C1=O)NCC1CCCN1c1ccccc1. The second kappa shape index (κ2) is 8.47. The summed E-state index contributed by atoms with van der Waals surface area (Å²) in [7, 11) is 0. The lowest BCUT2D eigenvalue weighted by molar-refractivity contribution is -0.121. The summed E-state index contributed by atoms with van der Waals surface area (Å²) in [6, 6.07) is 17.4. The number of anilines is 1. The number of carbonyl (C=O) groups excluding carboxylic acids is 3. The van der Waals surface area contributed by atoms with Crippen LogP contribution in [0.5, 0.6) is 0 Å². The van der Waals surface area contributed by atoms with Gasteiger partial charge in [-0.25, -0.2) is 0 Å².